The van der Waals surface area contributed by atoms with Gasteiger partial charge in [-0.15, -0.1) is 0 Å². The Labute approximate surface area is 134 Å². The SMILES string of the molecule is Cn1ncc2c(C(F)F)cc(C34CC5CC(CC(C5)C3)C4)nc21. The van der Waals surface area contributed by atoms with Crippen LogP contribution in [0.1, 0.15) is 56.2 Å². The standard InChI is InChI=1S/C18H21F2N3/c1-23-17-14(9-21-23)13(16(19)20)5-15(22-17)18-6-10-2-11(7-18)4-12(3-10)8-18/h5,9-12,16H,2-4,6-8H2,1H3. The lowest BCUT2D eigenvalue weighted by atomic mass is 9.48. The molecular weight excluding hydrogens is 296 g/mol. The second kappa shape index (κ2) is 4.52. The molecule has 4 aliphatic carbocycles. The molecule has 0 unspecified atom stereocenters. The maximum Gasteiger partial charge on any atom is 0.264 e. The molecule has 0 spiro atoms. The summed E-state index contributed by atoms with van der Waals surface area (Å²) in [5.41, 5.74) is 1.65. The molecule has 3 nitrogen and oxygen atoms in total. The van der Waals surface area contributed by atoms with Gasteiger partial charge in [0.2, 0.25) is 0 Å². The minimum absolute atomic E-state index is 0.0385. The van der Waals surface area contributed by atoms with Crippen LogP contribution < -0.4 is 0 Å². The van der Waals surface area contributed by atoms with Gasteiger partial charge in [-0.1, -0.05) is 0 Å². The van der Waals surface area contributed by atoms with Crippen molar-refractivity contribution in [3.05, 3.63) is 23.5 Å². The summed E-state index contributed by atoms with van der Waals surface area (Å²) in [5.74, 6) is 2.33. The van der Waals surface area contributed by atoms with Crippen LogP contribution in [-0.4, -0.2) is 14.8 Å². The average Bonchev–Trinajstić information content (AvgIpc) is 2.86. The summed E-state index contributed by atoms with van der Waals surface area (Å²) < 4.78 is 28.8. The van der Waals surface area contributed by atoms with Gasteiger partial charge in [-0.25, -0.2) is 13.8 Å². The van der Waals surface area contributed by atoms with E-state index in [1.165, 1.54) is 25.5 Å². The van der Waals surface area contributed by atoms with Gasteiger partial charge in [0.15, 0.2) is 5.65 Å². The maximum atomic E-state index is 13.6. The van der Waals surface area contributed by atoms with Crippen molar-refractivity contribution < 1.29 is 8.78 Å². The number of alkyl halides is 2. The second-order valence-electron chi connectivity index (χ2n) is 8.10. The van der Waals surface area contributed by atoms with E-state index in [1.54, 1.807) is 17.8 Å². The second-order valence-corrected chi connectivity index (χ2v) is 8.10. The molecule has 122 valence electrons. The van der Waals surface area contributed by atoms with Gasteiger partial charge >= 0.3 is 0 Å². The molecule has 4 fully saturated rings. The smallest absolute Gasteiger partial charge is 0.250 e. The van der Waals surface area contributed by atoms with Crippen molar-refractivity contribution in [2.75, 3.05) is 0 Å². The van der Waals surface area contributed by atoms with Gasteiger partial charge in [0.1, 0.15) is 0 Å². The lowest BCUT2D eigenvalue weighted by Gasteiger charge is -2.56. The molecule has 4 saturated carbocycles. The Kier molecular flexibility index (Phi) is 2.73. The summed E-state index contributed by atoms with van der Waals surface area (Å²) in [7, 11) is 1.79. The number of rotatable bonds is 2. The van der Waals surface area contributed by atoms with Gasteiger partial charge in [-0.3, -0.25) is 4.68 Å². The van der Waals surface area contributed by atoms with Crippen LogP contribution in [0.5, 0.6) is 0 Å². The van der Waals surface area contributed by atoms with Crippen molar-refractivity contribution in [1.82, 2.24) is 14.8 Å². The number of hydrogen-bond donors (Lipinski definition) is 0. The van der Waals surface area contributed by atoms with Crippen molar-refractivity contribution in [2.45, 2.75) is 50.4 Å². The van der Waals surface area contributed by atoms with Gasteiger partial charge in [0.25, 0.3) is 6.43 Å². The Bertz CT molecular complexity index is 745. The fraction of sp³-hybridized carbons (Fsp3) is 0.667. The van der Waals surface area contributed by atoms with Crippen molar-refractivity contribution in [3.63, 3.8) is 0 Å². The van der Waals surface area contributed by atoms with E-state index >= 15 is 0 Å². The number of halogens is 2. The maximum absolute atomic E-state index is 13.6. The molecule has 2 heterocycles. The summed E-state index contributed by atoms with van der Waals surface area (Å²) in [6.07, 6.45) is 6.48. The van der Waals surface area contributed by atoms with Crippen molar-refractivity contribution in [3.8, 4) is 0 Å². The summed E-state index contributed by atoms with van der Waals surface area (Å²) >= 11 is 0. The number of nitrogens with zero attached hydrogens (tertiary/aromatic N) is 3. The summed E-state index contributed by atoms with van der Waals surface area (Å²) in [6.45, 7) is 0. The first-order chi connectivity index (χ1) is 11.0. The van der Waals surface area contributed by atoms with Gasteiger partial charge in [0, 0.05) is 29.1 Å². The fourth-order valence-corrected chi connectivity index (χ4v) is 6.02. The molecule has 2 aromatic rings. The van der Waals surface area contributed by atoms with Crippen molar-refractivity contribution in [1.29, 1.82) is 0 Å². The zero-order valence-corrected chi connectivity index (χ0v) is 13.3. The van der Waals surface area contributed by atoms with Crippen LogP contribution in [0.25, 0.3) is 11.0 Å². The molecule has 4 aliphatic rings. The predicted octanol–water partition coefficient (Wildman–Crippen LogP) is 4.37. The van der Waals surface area contributed by atoms with E-state index < -0.39 is 6.43 Å². The molecule has 0 atom stereocenters. The van der Waals surface area contributed by atoms with E-state index in [2.05, 4.69) is 5.10 Å². The van der Waals surface area contributed by atoms with E-state index in [9.17, 15) is 8.78 Å². The number of hydrogen-bond acceptors (Lipinski definition) is 2. The summed E-state index contributed by atoms with van der Waals surface area (Å²) in [6, 6.07) is 1.70. The summed E-state index contributed by atoms with van der Waals surface area (Å²) in [4.78, 5) is 4.83. The molecular formula is C18H21F2N3. The number of aromatic nitrogens is 3. The van der Waals surface area contributed by atoms with E-state index in [1.807, 2.05) is 0 Å². The first-order valence-corrected chi connectivity index (χ1v) is 8.65. The average molecular weight is 317 g/mol. The van der Waals surface area contributed by atoms with Crippen LogP contribution >= 0.6 is 0 Å². The Morgan fingerprint density at radius 1 is 1.13 bits per heavy atom. The van der Waals surface area contributed by atoms with Gasteiger partial charge < -0.3 is 0 Å². The zero-order valence-electron chi connectivity index (χ0n) is 13.3. The molecule has 23 heavy (non-hydrogen) atoms. The van der Waals surface area contributed by atoms with Crippen LogP contribution in [-0.2, 0) is 12.5 Å². The quantitative estimate of drug-likeness (QED) is 0.823. The molecule has 0 aromatic carbocycles. The summed E-state index contributed by atoms with van der Waals surface area (Å²) in [5, 5.41) is 4.64. The normalized spacial score (nSPS) is 35.6. The predicted molar refractivity (Wildman–Crippen MR) is 83.3 cm³/mol. The third-order valence-corrected chi connectivity index (χ3v) is 6.55. The highest BCUT2D eigenvalue weighted by molar-refractivity contribution is 5.79. The van der Waals surface area contributed by atoms with Crippen LogP contribution in [0.15, 0.2) is 12.3 Å². The first-order valence-electron chi connectivity index (χ1n) is 8.65. The molecule has 0 aliphatic heterocycles. The fourth-order valence-electron chi connectivity index (χ4n) is 6.02. The van der Waals surface area contributed by atoms with E-state index in [0.29, 0.717) is 11.0 Å². The third-order valence-electron chi connectivity index (χ3n) is 6.55. The van der Waals surface area contributed by atoms with Crippen LogP contribution in [0.3, 0.4) is 0 Å². The molecule has 5 heteroatoms. The van der Waals surface area contributed by atoms with Crippen LogP contribution in [0.2, 0.25) is 0 Å². The number of fused-ring (bicyclic) bond motifs is 1. The highest BCUT2D eigenvalue weighted by Crippen LogP contribution is 2.60. The Morgan fingerprint density at radius 2 is 1.74 bits per heavy atom. The van der Waals surface area contributed by atoms with Crippen molar-refractivity contribution in [2.24, 2.45) is 24.8 Å². The molecule has 0 amide bonds. The topological polar surface area (TPSA) is 30.7 Å². The van der Waals surface area contributed by atoms with Gasteiger partial charge in [-0.05, 0) is 62.3 Å². The monoisotopic (exact) mass is 317 g/mol. The molecule has 0 N–H and O–H groups in total. The van der Waals surface area contributed by atoms with Gasteiger partial charge in [-0.2, -0.15) is 5.10 Å². The largest absolute Gasteiger partial charge is 0.264 e. The first kappa shape index (κ1) is 13.9. The number of aryl methyl sites for hydroxylation is 1. The Hall–Kier alpha value is -1.52. The van der Waals surface area contributed by atoms with E-state index in [-0.39, 0.29) is 11.0 Å². The minimum Gasteiger partial charge on any atom is -0.250 e. The third kappa shape index (κ3) is 1.91. The minimum atomic E-state index is -2.47. The van der Waals surface area contributed by atoms with Crippen LogP contribution in [0.4, 0.5) is 8.78 Å². The van der Waals surface area contributed by atoms with Gasteiger partial charge in [0.05, 0.1) is 6.20 Å². The molecule has 2 aromatic heterocycles. The van der Waals surface area contributed by atoms with E-state index in [4.69, 9.17) is 4.98 Å². The molecule has 0 saturated heterocycles. The number of pyridine rings is 1. The van der Waals surface area contributed by atoms with E-state index in [0.717, 1.165) is 42.7 Å². The van der Waals surface area contributed by atoms with Crippen LogP contribution in [0, 0.1) is 17.8 Å². The molecule has 4 bridgehead atoms. The lowest BCUT2D eigenvalue weighted by Crippen LogP contribution is -2.49. The van der Waals surface area contributed by atoms with Crippen molar-refractivity contribution >= 4 is 11.0 Å². The highest BCUT2D eigenvalue weighted by Gasteiger charge is 2.52. The highest BCUT2D eigenvalue weighted by atomic mass is 19.3. The molecule has 0 radical (unpaired) electrons. The zero-order chi connectivity index (χ0) is 15.8. The lowest BCUT2D eigenvalue weighted by molar-refractivity contribution is -0.00721. The molecule has 6 rings (SSSR count). The Balaban J connectivity index is 1.69. The Morgan fingerprint density at radius 3 is 2.30 bits per heavy atom.